The molecule has 2 aliphatic heterocycles. The molecule has 0 atom stereocenters. The summed E-state index contributed by atoms with van der Waals surface area (Å²) in [5.41, 5.74) is 4.25. The molecular formula is C25H25N3O2. The van der Waals surface area contributed by atoms with Crippen LogP contribution in [-0.4, -0.2) is 55.2 Å². The number of anilines is 1. The Hall–Kier alpha value is -3.18. The number of rotatable bonds is 3. The summed E-state index contributed by atoms with van der Waals surface area (Å²) in [5, 5.41) is 0.912. The molecule has 1 aromatic heterocycles. The van der Waals surface area contributed by atoms with Gasteiger partial charge in [0.1, 0.15) is 5.82 Å². The Labute approximate surface area is 176 Å². The third kappa shape index (κ3) is 3.68. The highest BCUT2D eigenvalue weighted by Crippen LogP contribution is 2.28. The largest absolute Gasteiger partial charge is 0.378 e. The molecule has 5 rings (SSSR count). The van der Waals surface area contributed by atoms with Crippen molar-refractivity contribution in [2.75, 3.05) is 44.3 Å². The predicted molar refractivity (Wildman–Crippen MR) is 120 cm³/mol. The van der Waals surface area contributed by atoms with Crippen LogP contribution >= 0.6 is 0 Å². The number of amides is 1. The van der Waals surface area contributed by atoms with Crippen LogP contribution in [0, 0.1) is 0 Å². The number of hydrogen-bond acceptors (Lipinski definition) is 4. The normalized spacial score (nSPS) is 17.1. The van der Waals surface area contributed by atoms with Crippen LogP contribution in [0.2, 0.25) is 0 Å². The summed E-state index contributed by atoms with van der Waals surface area (Å²) in [7, 11) is 0. The van der Waals surface area contributed by atoms with E-state index in [1.165, 1.54) is 11.1 Å². The number of ether oxygens (including phenoxy) is 1. The van der Waals surface area contributed by atoms with E-state index in [0.717, 1.165) is 41.8 Å². The smallest absolute Gasteiger partial charge is 0.254 e. The molecule has 0 aliphatic carbocycles. The topological polar surface area (TPSA) is 45.7 Å². The van der Waals surface area contributed by atoms with Gasteiger partial charge in [0.2, 0.25) is 0 Å². The quantitative estimate of drug-likeness (QED) is 0.668. The Morgan fingerprint density at radius 3 is 2.47 bits per heavy atom. The second kappa shape index (κ2) is 8.28. The van der Waals surface area contributed by atoms with Gasteiger partial charge in [-0.25, -0.2) is 4.98 Å². The van der Waals surface area contributed by atoms with Crippen LogP contribution in [0.1, 0.15) is 22.3 Å². The van der Waals surface area contributed by atoms with E-state index >= 15 is 0 Å². The summed E-state index contributed by atoms with van der Waals surface area (Å²) in [4.78, 5) is 22.3. The van der Waals surface area contributed by atoms with Crippen molar-refractivity contribution in [1.29, 1.82) is 0 Å². The molecule has 30 heavy (non-hydrogen) atoms. The van der Waals surface area contributed by atoms with Crippen molar-refractivity contribution >= 4 is 28.2 Å². The molecule has 1 amide bonds. The predicted octanol–water partition coefficient (Wildman–Crippen LogP) is 4.00. The Morgan fingerprint density at radius 2 is 1.70 bits per heavy atom. The van der Waals surface area contributed by atoms with E-state index in [1.807, 2.05) is 41.3 Å². The molecule has 0 bridgehead atoms. The van der Waals surface area contributed by atoms with Gasteiger partial charge in [0.05, 0.1) is 24.3 Å². The highest BCUT2D eigenvalue weighted by Gasteiger charge is 2.23. The number of para-hydroxylation sites is 1. The van der Waals surface area contributed by atoms with Gasteiger partial charge >= 0.3 is 0 Å². The highest BCUT2D eigenvalue weighted by atomic mass is 16.5. The van der Waals surface area contributed by atoms with Crippen LogP contribution in [0.3, 0.4) is 0 Å². The fourth-order valence-electron chi connectivity index (χ4n) is 4.23. The van der Waals surface area contributed by atoms with Crippen molar-refractivity contribution in [1.82, 2.24) is 9.88 Å². The molecule has 0 N–H and O–H groups in total. The van der Waals surface area contributed by atoms with Gasteiger partial charge in [-0.3, -0.25) is 4.79 Å². The van der Waals surface area contributed by atoms with E-state index in [1.54, 1.807) is 0 Å². The SMILES string of the molecule is O=C(c1cc(N2CC=C(c3ccccc3)CC2)nc2ccccc12)N1CCOCC1. The van der Waals surface area contributed by atoms with Gasteiger partial charge in [0.15, 0.2) is 0 Å². The number of hydrogen-bond donors (Lipinski definition) is 0. The lowest BCUT2D eigenvalue weighted by atomic mass is 9.99. The van der Waals surface area contributed by atoms with Gasteiger partial charge in [-0.05, 0) is 29.7 Å². The minimum absolute atomic E-state index is 0.0654. The van der Waals surface area contributed by atoms with Gasteiger partial charge in [-0.15, -0.1) is 0 Å². The maximum atomic E-state index is 13.3. The van der Waals surface area contributed by atoms with Crippen molar-refractivity contribution in [3.05, 3.63) is 77.9 Å². The number of nitrogens with zero attached hydrogens (tertiary/aromatic N) is 3. The fourth-order valence-corrected chi connectivity index (χ4v) is 4.23. The first-order chi connectivity index (χ1) is 14.8. The molecule has 0 saturated carbocycles. The number of morpholine rings is 1. The van der Waals surface area contributed by atoms with Gasteiger partial charge < -0.3 is 14.5 Å². The van der Waals surface area contributed by atoms with Crippen molar-refractivity contribution in [2.45, 2.75) is 6.42 Å². The Bertz CT molecular complexity index is 1090. The van der Waals surface area contributed by atoms with Gasteiger partial charge in [-0.2, -0.15) is 0 Å². The molecule has 3 aromatic rings. The molecule has 152 valence electrons. The summed E-state index contributed by atoms with van der Waals surface area (Å²) >= 11 is 0. The lowest BCUT2D eigenvalue weighted by molar-refractivity contribution is 0.0304. The second-order valence-electron chi connectivity index (χ2n) is 7.74. The lowest BCUT2D eigenvalue weighted by Gasteiger charge is -2.30. The van der Waals surface area contributed by atoms with Gasteiger partial charge in [0.25, 0.3) is 5.91 Å². The van der Waals surface area contributed by atoms with E-state index in [0.29, 0.717) is 26.3 Å². The van der Waals surface area contributed by atoms with Gasteiger partial charge in [0, 0.05) is 31.6 Å². The molecule has 3 heterocycles. The average molecular weight is 399 g/mol. The first kappa shape index (κ1) is 18.8. The van der Waals surface area contributed by atoms with Gasteiger partial charge in [-0.1, -0.05) is 54.6 Å². The molecule has 5 heteroatoms. The van der Waals surface area contributed by atoms with E-state index in [4.69, 9.17) is 9.72 Å². The number of carbonyl (C=O) groups excluding carboxylic acids is 1. The molecule has 0 radical (unpaired) electrons. The number of aromatic nitrogens is 1. The van der Waals surface area contributed by atoms with Crippen LogP contribution in [-0.2, 0) is 4.74 Å². The highest BCUT2D eigenvalue weighted by molar-refractivity contribution is 6.07. The summed E-state index contributed by atoms with van der Waals surface area (Å²) in [6, 6.07) is 20.4. The maximum absolute atomic E-state index is 13.3. The number of pyridine rings is 1. The molecule has 2 aliphatic rings. The lowest BCUT2D eigenvalue weighted by Crippen LogP contribution is -2.41. The Kier molecular flexibility index (Phi) is 5.20. The maximum Gasteiger partial charge on any atom is 0.254 e. The zero-order chi connectivity index (χ0) is 20.3. The third-order valence-corrected chi connectivity index (χ3v) is 5.91. The van der Waals surface area contributed by atoms with Crippen molar-refractivity contribution < 1.29 is 9.53 Å². The Balaban J connectivity index is 1.47. The van der Waals surface area contributed by atoms with Crippen LogP contribution in [0.15, 0.2) is 66.7 Å². The molecule has 1 saturated heterocycles. The first-order valence-electron chi connectivity index (χ1n) is 10.6. The van der Waals surface area contributed by atoms with Crippen molar-refractivity contribution in [2.24, 2.45) is 0 Å². The average Bonchev–Trinajstić information content (AvgIpc) is 2.84. The summed E-state index contributed by atoms with van der Waals surface area (Å²) in [6.07, 6.45) is 3.24. The minimum atomic E-state index is 0.0654. The molecular weight excluding hydrogens is 374 g/mol. The summed E-state index contributed by atoms with van der Waals surface area (Å²) in [5.74, 6) is 0.935. The molecule has 2 aromatic carbocycles. The molecule has 0 spiro atoms. The monoisotopic (exact) mass is 399 g/mol. The van der Waals surface area contributed by atoms with Crippen molar-refractivity contribution in [3.8, 4) is 0 Å². The molecule has 1 fully saturated rings. The zero-order valence-electron chi connectivity index (χ0n) is 17.0. The first-order valence-corrected chi connectivity index (χ1v) is 10.6. The van der Waals surface area contributed by atoms with E-state index < -0.39 is 0 Å². The second-order valence-corrected chi connectivity index (χ2v) is 7.74. The third-order valence-electron chi connectivity index (χ3n) is 5.91. The zero-order valence-corrected chi connectivity index (χ0v) is 17.0. The van der Waals surface area contributed by atoms with Crippen molar-refractivity contribution in [3.63, 3.8) is 0 Å². The van der Waals surface area contributed by atoms with Crippen LogP contribution in [0.25, 0.3) is 16.5 Å². The number of fused-ring (bicyclic) bond motifs is 1. The van der Waals surface area contributed by atoms with Crippen LogP contribution in [0.5, 0.6) is 0 Å². The number of carbonyl (C=O) groups is 1. The van der Waals surface area contributed by atoms with Crippen LogP contribution in [0.4, 0.5) is 5.82 Å². The fraction of sp³-hybridized carbons (Fsp3) is 0.280. The molecule has 5 nitrogen and oxygen atoms in total. The van der Waals surface area contributed by atoms with E-state index in [2.05, 4.69) is 35.2 Å². The summed E-state index contributed by atoms with van der Waals surface area (Å²) in [6.45, 7) is 4.15. The standard InChI is InChI=1S/C25H25N3O2/c29-25(28-14-16-30-17-15-28)22-18-24(26-23-9-5-4-8-21(22)23)27-12-10-20(11-13-27)19-6-2-1-3-7-19/h1-10,18H,11-17H2. The minimum Gasteiger partial charge on any atom is -0.378 e. The Morgan fingerprint density at radius 1 is 0.933 bits per heavy atom. The number of benzene rings is 2. The van der Waals surface area contributed by atoms with Crippen LogP contribution < -0.4 is 4.90 Å². The summed E-state index contributed by atoms with van der Waals surface area (Å²) < 4.78 is 5.42. The van der Waals surface area contributed by atoms with E-state index in [-0.39, 0.29) is 5.91 Å². The van der Waals surface area contributed by atoms with E-state index in [9.17, 15) is 4.79 Å². The molecule has 0 unspecified atom stereocenters.